The van der Waals surface area contributed by atoms with Crippen LogP contribution in [0, 0.1) is 6.92 Å². The van der Waals surface area contributed by atoms with Gasteiger partial charge < -0.3 is 19.5 Å². The summed E-state index contributed by atoms with van der Waals surface area (Å²) in [6, 6.07) is -1.30. The van der Waals surface area contributed by atoms with Gasteiger partial charge >= 0.3 is 6.16 Å². The highest BCUT2D eigenvalue weighted by molar-refractivity contribution is 8.01. The zero-order valence-electron chi connectivity index (χ0n) is 17.1. The van der Waals surface area contributed by atoms with Crippen molar-refractivity contribution in [2.75, 3.05) is 18.2 Å². The molecule has 17 heteroatoms. The average Bonchev–Trinajstić information content (AvgIpc) is 3.45. The van der Waals surface area contributed by atoms with E-state index < -0.39 is 30.3 Å². The lowest BCUT2D eigenvalue weighted by molar-refractivity contribution is -0.193. The number of rotatable bonds is 7. The molecule has 1 N–H and O–H groups in total. The zero-order chi connectivity index (χ0) is 23.3. The summed E-state index contributed by atoms with van der Waals surface area (Å²) in [6.45, 7) is 1.73. The molecule has 5 rings (SSSR count). The maximum absolute atomic E-state index is 13.0. The first kappa shape index (κ1) is 22.1. The number of tetrazole rings is 1. The van der Waals surface area contributed by atoms with Crippen LogP contribution in [0.3, 0.4) is 0 Å². The van der Waals surface area contributed by atoms with Crippen molar-refractivity contribution in [2.24, 2.45) is 7.05 Å². The SMILES string of the molecule is Cc1nnc(SCC2=C(OC(=O)O)N3C(=O)[C@@H]4[C@H]3C2OCN4C(=O)CSc2nnnn2C)s1. The third kappa shape index (κ3) is 3.83. The minimum atomic E-state index is -1.53. The fourth-order valence-electron chi connectivity index (χ4n) is 3.87. The third-order valence-electron chi connectivity index (χ3n) is 5.26. The lowest BCUT2D eigenvalue weighted by atomic mass is 9.89. The maximum atomic E-state index is 13.0. The van der Waals surface area contributed by atoms with Gasteiger partial charge in [-0.3, -0.25) is 14.5 Å². The van der Waals surface area contributed by atoms with E-state index in [1.165, 1.54) is 37.6 Å². The van der Waals surface area contributed by atoms with Crippen molar-refractivity contribution in [1.29, 1.82) is 0 Å². The van der Waals surface area contributed by atoms with E-state index in [0.29, 0.717) is 20.8 Å². The van der Waals surface area contributed by atoms with Gasteiger partial charge in [0.05, 0.1) is 11.8 Å². The van der Waals surface area contributed by atoms with Gasteiger partial charge in [0.2, 0.25) is 16.9 Å². The van der Waals surface area contributed by atoms with Crippen LogP contribution in [0.4, 0.5) is 4.79 Å². The Morgan fingerprint density at radius 1 is 1.30 bits per heavy atom. The molecule has 3 aliphatic rings. The number of thioether (sulfide) groups is 2. The highest BCUT2D eigenvalue weighted by Crippen LogP contribution is 2.47. The van der Waals surface area contributed by atoms with Gasteiger partial charge in [-0.05, 0) is 17.4 Å². The monoisotopic (exact) mass is 512 g/mol. The summed E-state index contributed by atoms with van der Waals surface area (Å²) in [6.07, 6.45) is -2.11. The van der Waals surface area contributed by atoms with E-state index >= 15 is 0 Å². The number of carboxylic acid groups (broad SMARTS) is 1. The van der Waals surface area contributed by atoms with Crippen molar-refractivity contribution in [3.63, 3.8) is 0 Å². The summed E-state index contributed by atoms with van der Waals surface area (Å²) in [4.78, 5) is 39.7. The van der Waals surface area contributed by atoms with Crippen LogP contribution in [0.15, 0.2) is 21.0 Å². The summed E-state index contributed by atoms with van der Waals surface area (Å²) < 4.78 is 13.1. The van der Waals surface area contributed by atoms with Gasteiger partial charge in [-0.1, -0.05) is 34.9 Å². The molecule has 0 saturated carbocycles. The van der Waals surface area contributed by atoms with Gasteiger partial charge in [0.1, 0.15) is 23.9 Å². The first-order chi connectivity index (χ1) is 15.8. The zero-order valence-corrected chi connectivity index (χ0v) is 19.6. The molecule has 2 aromatic heterocycles. The summed E-state index contributed by atoms with van der Waals surface area (Å²) >= 11 is 3.90. The molecule has 3 atom stereocenters. The second-order valence-electron chi connectivity index (χ2n) is 7.17. The van der Waals surface area contributed by atoms with Crippen LogP contribution in [0.1, 0.15) is 5.01 Å². The predicted molar refractivity (Wildman–Crippen MR) is 112 cm³/mol. The number of ether oxygens (including phenoxy) is 2. The normalized spacial score (nSPS) is 23.6. The number of hydrogen-bond donors (Lipinski definition) is 1. The van der Waals surface area contributed by atoms with Crippen molar-refractivity contribution in [3.05, 3.63) is 16.5 Å². The molecule has 0 spiro atoms. The average molecular weight is 513 g/mol. The Hall–Kier alpha value is -2.76. The van der Waals surface area contributed by atoms with Crippen molar-refractivity contribution in [2.45, 2.75) is 34.6 Å². The molecule has 1 unspecified atom stereocenters. The number of β-lactam (4-membered cyclic amide) rings is 1. The molecule has 2 fully saturated rings. The van der Waals surface area contributed by atoms with Gasteiger partial charge in [0.15, 0.2) is 4.34 Å². The highest BCUT2D eigenvalue weighted by atomic mass is 32.2. The standard InChI is InChI=1S/C16H16N8O6S3/c1-6-17-19-15(33-6)32-3-7-11-9-10(12(26)24(9)13(7)30-16(27)28)23(5-29-11)8(25)4-31-14-18-20-21-22(14)2/h9-11H,3-5H2,1-2H3,(H,27,28)/t9-,10-,11?/m0/s1. The van der Waals surface area contributed by atoms with Gasteiger partial charge in [-0.15, -0.1) is 15.3 Å². The molecule has 0 aromatic carbocycles. The molecule has 5 heterocycles. The Balaban J connectivity index is 1.32. The van der Waals surface area contributed by atoms with E-state index in [4.69, 9.17) is 9.47 Å². The number of carbonyl (C=O) groups is 3. The summed E-state index contributed by atoms with van der Waals surface area (Å²) in [5.74, 6) is -0.453. The Morgan fingerprint density at radius 2 is 2.12 bits per heavy atom. The quantitative estimate of drug-likeness (QED) is 0.298. The molecule has 174 valence electrons. The van der Waals surface area contributed by atoms with E-state index in [1.807, 2.05) is 6.92 Å². The van der Waals surface area contributed by atoms with E-state index in [2.05, 4.69) is 25.7 Å². The van der Waals surface area contributed by atoms with Crippen LogP contribution < -0.4 is 0 Å². The van der Waals surface area contributed by atoms with Gasteiger partial charge in [-0.25, -0.2) is 9.48 Å². The van der Waals surface area contributed by atoms with E-state index in [9.17, 15) is 19.5 Å². The largest absolute Gasteiger partial charge is 0.512 e. The molecule has 2 saturated heterocycles. The first-order valence-electron chi connectivity index (χ1n) is 9.51. The second-order valence-corrected chi connectivity index (χ2v) is 10.5. The van der Waals surface area contributed by atoms with Crippen LogP contribution in [0.5, 0.6) is 0 Å². The molecule has 2 amide bonds. The summed E-state index contributed by atoms with van der Waals surface area (Å²) in [5, 5.41) is 29.6. The van der Waals surface area contributed by atoms with Crippen LogP contribution >= 0.6 is 34.9 Å². The van der Waals surface area contributed by atoms with Gasteiger partial charge in [0.25, 0.3) is 5.91 Å². The molecular formula is C16H16N8O6S3. The number of nitrogens with zero attached hydrogens (tertiary/aromatic N) is 8. The lowest BCUT2D eigenvalue weighted by Gasteiger charge is -2.52. The van der Waals surface area contributed by atoms with E-state index in [1.54, 1.807) is 7.05 Å². The first-order valence-corrected chi connectivity index (χ1v) is 12.3. The predicted octanol–water partition coefficient (Wildman–Crippen LogP) is -0.0615. The van der Waals surface area contributed by atoms with Crippen LogP contribution in [-0.4, -0.2) is 99.7 Å². The summed E-state index contributed by atoms with van der Waals surface area (Å²) in [7, 11) is 1.66. The van der Waals surface area contributed by atoms with Gasteiger partial charge in [0, 0.05) is 18.4 Å². The number of amides is 2. The van der Waals surface area contributed by atoms with Crippen molar-refractivity contribution in [3.8, 4) is 0 Å². The van der Waals surface area contributed by atoms with Crippen LogP contribution in [0.2, 0.25) is 0 Å². The van der Waals surface area contributed by atoms with E-state index in [-0.39, 0.29) is 24.3 Å². The van der Waals surface area contributed by atoms with Crippen LogP contribution in [-0.2, 0) is 26.1 Å². The molecular weight excluding hydrogens is 496 g/mol. The second kappa shape index (κ2) is 8.54. The minimum Gasteiger partial charge on any atom is -0.449 e. The van der Waals surface area contributed by atoms with Crippen molar-refractivity contribution in [1.82, 2.24) is 40.2 Å². The number of carbonyl (C=O) groups excluding carboxylic acids is 2. The highest BCUT2D eigenvalue weighted by Gasteiger charge is 2.65. The molecule has 3 aliphatic heterocycles. The molecule has 14 nitrogen and oxygen atoms in total. The fourth-order valence-corrected chi connectivity index (χ4v) is 6.46. The van der Waals surface area contributed by atoms with Gasteiger partial charge in [-0.2, -0.15) is 0 Å². The number of aryl methyl sites for hydroxylation is 2. The molecule has 0 bridgehead atoms. The minimum absolute atomic E-state index is 0.0176. The molecule has 0 radical (unpaired) electrons. The topological polar surface area (TPSA) is 166 Å². The smallest absolute Gasteiger partial charge is 0.449 e. The molecule has 0 aliphatic carbocycles. The lowest BCUT2D eigenvalue weighted by Crippen LogP contribution is -2.75. The summed E-state index contributed by atoms with van der Waals surface area (Å²) in [5.41, 5.74) is 0.530. The molecule has 2 aromatic rings. The van der Waals surface area contributed by atoms with E-state index in [0.717, 1.165) is 16.8 Å². The third-order valence-corrected chi connectivity index (χ3v) is 8.27. The van der Waals surface area contributed by atoms with Crippen molar-refractivity contribution < 1.29 is 29.0 Å². The van der Waals surface area contributed by atoms with Crippen LogP contribution in [0.25, 0.3) is 0 Å². The number of hydrogen-bond acceptors (Lipinski definition) is 13. The Morgan fingerprint density at radius 3 is 2.79 bits per heavy atom. The fraction of sp³-hybridized carbons (Fsp3) is 0.500. The van der Waals surface area contributed by atoms with Crippen molar-refractivity contribution >= 4 is 52.8 Å². The maximum Gasteiger partial charge on any atom is 0.512 e. The molecule has 33 heavy (non-hydrogen) atoms. The Kier molecular flexibility index (Phi) is 5.71. The Labute approximate surface area is 198 Å². The Bertz CT molecular complexity index is 1170. The number of aromatic nitrogens is 6.